The number of aldehydes is 1. The molecule has 0 aromatic carbocycles. The largest absolute Gasteiger partial charge is 0.298 e. The maximum atomic E-state index is 10.0. The molecular formula is C9H8OS. The first-order chi connectivity index (χ1) is 5.35. The number of carbonyl (C=O) groups excluding carboxylic acids is 1. The molecule has 0 N–H and O–H groups in total. The Labute approximate surface area is 71.3 Å². The molecule has 0 saturated carbocycles. The Morgan fingerprint density at radius 1 is 1.45 bits per heavy atom. The Morgan fingerprint density at radius 2 is 2.18 bits per heavy atom. The van der Waals surface area contributed by atoms with E-state index in [1.54, 1.807) is 6.92 Å². The standard InChI is InChI=1S/C9H8OS/c1-3-4-5-6-9(11-2)7-8-10/h7-8H,1-2H3/b9-7-. The third-order valence-corrected chi connectivity index (χ3v) is 1.49. The second kappa shape index (κ2) is 6.99. The lowest BCUT2D eigenvalue weighted by Crippen LogP contribution is -1.70. The number of allylic oxidation sites excluding steroid dienone is 2. The SMILES string of the molecule is CC#CC#C/C(=C/C=O)SC. The second-order valence-electron chi connectivity index (χ2n) is 1.50. The van der Waals surface area contributed by atoms with Crippen LogP contribution >= 0.6 is 11.8 Å². The molecule has 0 bridgehead atoms. The lowest BCUT2D eigenvalue weighted by Gasteiger charge is -1.84. The first-order valence-electron chi connectivity index (χ1n) is 2.97. The quantitative estimate of drug-likeness (QED) is 0.349. The monoisotopic (exact) mass is 164 g/mol. The second-order valence-corrected chi connectivity index (χ2v) is 2.34. The summed E-state index contributed by atoms with van der Waals surface area (Å²) >= 11 is 1.43. The fourth-order valence-corrected chi connectivity index (χ4v) is 0.723. The van der Waals surface area contributed by atoms with Gasteiger partial charge in [-0.15, -0.1) is 11.8 Å². The zero-order valence-corrected chi connectivity index (χ0v) is 7.29. The minimum atomic E-state index is 0.722. The van der Waals surface area contributed by atoms with Crippen molar-refractivity contribution in [1.82, 2.24) is 0 Å². The van der Waals surface area contributed by atoms with Crippen LogP contribution in [0.4, 0.5) is 0 Å². The third-order valence-electron chi connectivity index (χ3n) is 0.813. The molecule has 0 amide bonds. The van der Waals surface area contributed by atoms with Crippen LogP contribution in [0.1, 0.15) is 6.92 Å². The predicted octanol–water partition coefficient (Wildman–Crippen LogP) is 1.46. The highest BCUT2D eigenvalue weighted by molar-refractivity contribution is 8.02. The molecule has 56 valence electrons. The van der Waals surface area contributed by atoms with Crippen molar-refractivity contribution in [3.8, 4) is 23.7 Å². The number of thioether (sulfide) groups is 1. The van der Waals surface area contributed by atoms with E-state index in [1.807, 2.05) is 6.26 Å². The zero-order valence-electron chi connectivity index (χ0n) is 6.47. The van der Waals surface area contributed by atoms with Crippen molar-refractivity contribution >= 4 is 18.0 Å². The summed E-state index contributed by atoms with van der Waals surface area (Å²) in [5.74, 6) is 10.6. The fraction of sp³-hybridized carbons (Fsp3) is 0.222. The molecular weight excluding hydrogens is 156 g/mol. The van der Waals surface area contributed by atoms with E-state index in [1.165, 1.54) is 17.8 Å². The van der Waals surface area contributed by atoms with Gasteiger partial charge in [-0.1, -0.05) is 5.92 Å². The molecule has 11 heavy (non-hydrogen) atoms. The number of hydrogen-bond acceptors (Lipinski definition) is 2. The first-order valence-corrected chi connectivity index (χ1v) is 4.19. The summed E-state index contributed by atoms with van der Waals surface area (Å²) in [6.07, 6.45) is 4.01. The fourth-order valence-electron chi connectivity index (χ4n) is 0.378. The molecule has 0 aromatic heterocycles. The van der Waals surface area contributed by atoms with Gasteiger partial charge in [0.1, 0.15) is 6.29 Å². The molecule has 0 aliphatic carbocycles. The van der Waals surface area contributed by atoms with Crippen LogP contribution in [0.25, 0.3) is 0 Å². The van der Waals surface area contributed by atoms with Gasteiger partial charge in [0.25, 0.3) is 0 Å². The van der Waals surface area contributed by atoms with Crippen LogP contribution < -0.4 is 0 Å². The minimum absolute atomic E-state index is 0.722. The predicted molar refractivity (Wildman–Crippen MR) is 48.9 cm³/mol. The molecule has 0 aliphatic rings. The zero-order chi connectivity index (χ0) is 8.53. The lowest BCUT2D eigenvalue weighted by molar-refractivity contribution is -0.104. The average Bonchev–Trinajstić information content (AvgIpc) is 2.03. The van der Waals surface area contributed by atoms with E-state index in [4.69, 9.17) is 0 Å². The van der Waals surface area contributed by atoms with Crippen LogP contribution in [-0.4, -0.2) is 12.5 Å². The van der Waals surface area contributed by atoms with E-state index in [0.717, 1.165) is 11.2 Å². The molecule has 0 aliphatic heterocycles. The highest BCUT2D eigenvalue weighted by atomic mass is 32.2. The van der Waals surface area contributed by atoms with E-state index in [9.17, 15) is 4.79 Å². The van der Waals surface area contributed by atoms with E-state index in [0.29, 0.717) is 0 Å². The van der Waals surface area contributed by atoms with Crippen LogP contribution in [-0.2, 0) is 4.79 Å². The molecule has 2 heteroatoms. The maximum absolute atomic E-state index is 10.0. The molecule has 0 heterocycles. The van der Waals surface area contributed by atoms with Gasteiger partial charge in [0.2, 0.25) is 0 Å². The molecule has 0 fully saturated rings. The normalized spacial score (nSPS) is 8.73. The molecule has 0 rings (SSSR count). The average molecular weight is 164 g/mol. The minimum Gasteiger partial charge on any atom is -0.298 e. The summed E-state index contributed by atoms with van der Waals surface area (Å²) in [6, 6.07) is 0. The summed E-state index contributed by atoms with van der Waals surface area (Å²) < 4.78 is 0. The Hall–Kier alpha value is -1.12. The smallest absolute Gasteiger partial charge is 0.144 e. The van der Waals surface area contributed by atoms with Crippen LogP contribution in [0.15, 0.2) is 11.0 Å². The van der Waals surface area contributed by atoms with Crippen molar-refractivity contribution < 1.29 is 4.79 Å². The van der Waals surface area contributed by atoms with E-state index < -0.39 is 0 Å². The Morgan fingerprint density at radius 3 is 2.64 bits per heavy atom. The van der Waals surface area contributed by atoms with E-state index in [2.05, 4.69) is 23.7 Å². The van der Waals surface area contributed by atoms with Crippen molar-refractivity contribution in [3.63, 3.8) is 0 Å². The van der Waals surface area contributed by atoms with Gasteiger partial charge in [-0.2, -0.15) is 0 Å². The molecule has 0 aromatic rings. The topological polar surface area (TPSA) is 17.1 Å². The lowest BCUT2D eigenvalue weighted by atomic mass is 10.5. The van der Waals surface area contributed by atoms with Crippen LogP contribution in [0.3, 0.4) is 0 Å². The summed E-state index contributed by atoms with van der Waals surface area (Å²) in [5, 5.41) is 0. The summed E-state index contributed by atoms with van der Waals surface area (Å²) in [5.41, 5.74) is 0. The third kappa shape index (κ3) is 5.33. The summed E-state index contributed by atoms with van der Waals surface area (Å²) in [7, 11) is 0. The molecule has 0 unspecified atom stereocenters. The Balaban J connectivity index is 4.29. The molecule has 0 radical (unpaired) electrons. The van der Waals surface area contributed by atoms with Crippen molar-refractivity contribution in [2.24, 2.45) is 0 Å². The van der Waals surface area contributed by atoms with Gasteiger partial charge < -0.3 is 0 Å². The van der Waals surface area contributed by atoms with Crippen molar-refractivity contribution in [1.29, 1.82) is 0 Å². The Kier molecular flexibility index (Phi) is 6.28. The van der Waals surface area contributed by atoms with E-state index >= 15 is 0 Å². The molecule has 0 saturated heterocycles. The van der Waals surface area contributed by atoms with Gasteiger partial charge in [-0.3, -0.25) is 4.79 Å². The van der Waals surface area contributed by atoms with Gasteiger partial charge in [-0.05, 0) is 37.0 Å². The number of rotatable bonds is 2. The highest BCUT2D eigenvalue weighted by Gasteiger charge is 1.84. The van der Waals surface area contributed by atoms with Crippen LogP contribution in [0, 0.1) is 23.7 Å². The summed E-state index contributed by atoms with van der Waals surface area (Å²) in [4.78, 5) is 10.8. The van der Waals surface area contributed by atoms with Crippen molar-refractivity contribution in [2.75, 3.05) is 6.26 Å². The van der Waals surface area contributed by atoms with Gasteiger partial charge in [0, 0.05) is 0 Å². The molecule has 0 atom stereocenters. The highest BCUT2D eigenvalue weighted by Crippen LogP contribution is 2.07. The van der Waals surface area contributed by atoms with Crippen LogP contribution in [0.5, 0.6) is 0 Å². The first kappa shape index (κ1) is 9.88. The van der Waals surface area contributed by atoms with Crippen LogP contribution in [0.2, 0.25) is 0 Å². The van der Waals surface area contributed by atoms with Crippen molar-refractivity contribution in [2.45, 2.75) is 6.92 Å². The van der Waals surface area contributed by atoms with Gasteiger partial charge in [0.15, 0.2) is 0 Å². The van der Waals surface area contributed by atoms with Crippen molar-refractivity contribution in [3.05, 3.63) is 11.0 Å². The molecule has 0 spiro atoms. The molecule has 1 nitrogen and oxygen atoms in total. The van der Waals surface area contributed by atoms with E-state index in [-0.39, 0.29) is 0 Å². The van der Waals surface area contributed by atoms with Gasteiger partial charge in [-0.25, -0.2) is 0 Å². The van der Waals surface area contributed by atoms with Gasteiger partial charge >= 0.3 is 0 Å². The number of hydrogen-bond donors (Lipinski definition) is 0. The van der Waals surface area contributed by atoms with Gasteiger partial charge in [0.05, 0.1) is 4.91 Å². The maximum Gasteiger partial charge on any atom is 0.144 e. The summed E-state index contributed by atoms with van der Waals surface area (Å²) in [6.45, 7) is 1.72. The number of carbonyl (C=O) groups is 1. The Bertz CT molecular complexity index is 267.